The van der Waals surface area contributed by atoms with E-state index in [1.807, 2.05) is 49.4 Å². The molecule has 0 amide bonds. The first-order valence-corrected chi connectivity index (χ1v) is 7.51. The zero-order chi connectivity index (χ0) is 15.0. The average molecular weight is 364 g/mol. The molecule has 0 spiro atoms. The van der Waals surface area contributed by atoms with Gasteiger partial charge in [-0.3, -0.25) is 0 Å². The highest BCUT2D eigenvalue weighted by Gasteiger charge is 2.19. The number of aromatic nitrogens is 1. The first-order valence-electron chi connectivity index (χ1n) is 6.34. The molecule has 3 rings (SSSR count). The topological polar surface area (TPSA) is 52.0 Å². The number of hydrogen-bond acceptors (Lipinski definition) is 3. The lowest BCUT2D eigenvalue weighted by Gasteiger charge is -2.06. The van der Waals surface area contributed by atoms with Crippen molar-refractivity contribution in [2.75, 3.05) is 5.73 Å². The number of halogens is 2. The molecule has 0 aliphatic rings. The van der Waals surface area contributed by atoms with E-state index < -0.39 is 0 Å². The van der Waals surface area contributed by atoms with Crippen LogP contribution in [-0.2, 0) is 0 Å². The lowest BCUT2D eigenvalue weighted by Crippen LogP contribution is -1.90. The molecule has 1 aromatic heterocycles. The monoisotopic (exact) mass is 362 g/mol. The van der Waals surface area contributed by atoms with Crippen molar-refractivity contribution >= 4 is 33.3 Å². The van der Waals surface area contributed by atoms with Crippen molar-refractivity contribution in [1.29, 1.82) is 0 Å². The van der Waals surface area contributed by atoms with Crippen molar-refractivity contribution in [2.45, 2.75) is 6.92 Å². The van der Waals surface area contributed by atoms with Gasteiger partial charge in [0.1, 0.15) is 0 Å². The summed E-state index contributed by atoms with van der Waals surface area (Å²) in [5.74, 6) is 0.967. The highest BCUT2D eigenvalue weighted by molar-refractivity contribution is 9.10. The number of rotatable bonds is 2. The van der Waals surface area contributed by atoms with Crippen molar-refractivity contribution in [3.8, 4) is 22.5 Å². The van der Waals surface area contributed by atoms with Gasteiger partial charge in [0.15, 0.2) is 11.6 Å². The second-order valence-corrected chi connectivity index (χ2v) is 5.98. The fourth-order valence-corrected chi connectivity index (χ4v) is 2.82. The maximum absolute atomic E-state index is 6.20. The molecule has 2 N–H and O–H groups in total. The smallest absolute Gasteiger partial charge is 0.177 e. The van der Waals surface area contributed by atoms with Crippen LogP contribution in [0.4, 0.5) is 5.82 Å². The summed E-state index contributed by atoms with van der Waals surface area (Å²) in [5, 5.41) is 4.58. The van der Waals surface area contributed by atoms with E-state index in [1.165, 1.54) is 0 Å². The minimum absolute atomic E-state index is 0.355. The van der Waals surface area contributed by atoms with Crippen LogP contribution in [0.3, 0.4) is 0 Å². The Morgan fingerprint density at radius 3 is 2.67 bits per heavy atom. The Kier molecular flexibility index (Phi) is 3.74. The summed E-state index contributed by atoms with van der Waals surface area (Å²) in [6.45, 7) is 1.95. The second kappa shape index (κ2) is 5.54. The molecule has 5 heteroatoms. The van der Waals surface area contributed by atoms with E-state index in [9.17, 15) is 0 Å². The number of anilines is 1. The van der Waals surface area contributed by atoms with Gasteiger partial charge >= 0.3 is 0 Å². The van der Waals surface area contributed by atoms with Crippen LogP contribution in [0.15, 0.2) is 51.5 Å². The summed E-state index contributed by atoms with van der Waals surface area (Å²) < 4.78 is 6.36. The van der Waals surface area contributed by atoms with E-state index in [1.54, 1.807) is 0 Å². The Morgan fingerprint density at radius 1 is 1.19 bits per heavy atom. The number of hydrogen-bond donors (Lipinski definition) is 1. The third-order valence-electron chi connectivity index (χ3n) is 3.30. The van der Waals surface area contributed by atoms with Gasteiger partial charge in [-0.25, -0.2) is 0 Å². The lowest BCUT2D eigenvalue weighted by molar-refractivity contribution is 0.436. The Morgan fingerprint density at radius 2 is 1.95 bits per heavy atom. The summed E-state index contributed by atoms with van der Waals surface area (Å²) in [6, 6.07) is 13.6. The molecule has 106 valence electrons. The summed E-state index contributed by atoms with van der Waals surface area (Å²) in [5.41, 5.74) is 9.55. The maximum atomic E-state index is 6.20. The molecule has 0 radical (unpaired) electrons. The van der Waals surface area contributed by atoms with E-state index in [2.05, 4.69) is 21.1 Å². The molecular formula is C16H12BrClN2O. The average Bonchev–Trinajstić information content (AvgIpc) is 2.84. The van der Waals surface area contributed by atoms with Gasteiger partial charge in [0.05, 0.1) is 5.56 Å². The maximum Gasteiger partial charge on any atom is 0.177 e. The molecule has 0 aliphatic carbocycles. The quantitative estimate of drug-likeness (QED) is 0.671. The second-order valence-electron chi connectivity index (χ2n) is 4.72. The number of benzene rings is 2. The van der Waals surface area contributed by atoms with E-state index >= 15 is 0 Å². The van der Waals surface area contributed by atoms with Gasteiger partial charge < -0.3 is 10.3 Å². The van der Waals surface area contributed by atoms with Crippen LogP contribution in [0.25, 0.3) is 22.5 Å². The fraction of sp³-hybridized carbons (Fsp3) is 0.0625. The van der Waals surface area contributed by atoms with Crippen LogP contribution in [0, 0.1) is 6.92 Å². The molecular weight excluding hydrogens is 352 g/mol. The molecule has 1 heterocycles. The van der Waals surface area contributed by atoms with E-state index in [0.717, 1.165) is 26.7 Å². The van der Waals surface area contributed by atoms with Gasteiger partial charge in [0.25, 0.3) is 0 Å². The highest BCUT2D eigenvalue weighted by Crippen LogP contribution is 2.40. The van der Waals surface area contributed by atoms with Crippen molar-refractivity contribution in [3.05, 3.63) is 57.5 Å². The number of nitrogens with two attached hydrogens (primary N) is 1. The standard InChI is InChI=1S/C16H12BrClN2O/c1-9-6-7-10(8-13(9)18)15-14(16(19)20-21-15)11-4-2-3-5-12(11)17/h2-8H,1H3,(H2,19,20). The SMILES string of the molecule is Cc1ccc(-c2onc(N)c2-c2ccccc2Br)cc1Cl. The van der Waals surface area contributed by atoms with Crippen LogP contribution < -0.4 is 5.73 Å². The molecule has 3 aromatic rings. The minimum Gasteiger partial charge on any atom is -0.380 e. The van der Waals surface area contributed by atoms with Crippen LogP contribution >= 0.6 is 27.5 Å². The predicted molar refractivity (Wildman–Crippen MR) is 89.2 cm³/mol. The van der Waals surface area contributed by atoms with Crippen LogP contribution in [0.5, 0.6) is 0 Å². The van der Waals surface area contributed by atoms with E-state index in [-0.39, 0.29) is 0 Å². The van der Waals surface area contributed by atoms with Gasteiger partial charge in [-0.05, 0) is 24.6 Å². The van der Waals surface area contributed by atoms with Crippen molar-refractivity contribution in [1.82, 2.24) is 5.16 Å². The highest BCUT2D eigenvalue weighted by atomic mass is 79.9. The van der Waals surface area contributed by atoms with Crippen molar-refractivity contribution in [3.63, 3.8) is 0 Å². The predicted octanol–water partition coefficient (Wildman–Crippen LogP) is 5.32. The molecule has 0 unspecified atom stereocenters. The van der Waals surface area contributed by atoms with Crippen LogP contribution in [-0.4, -0.2) is 5.16 Å². The van der Waals surface area contributed by atoms with Gasteiger partial charge in [-0.15, -0.1) is 0 Å². The zero-order valence-electron chi connectivity index (χ0n) is 11.2. The Hall–Kier alpha value is -1.78. The van der Waals surface area contributed by atoms with Gasteiger partial charge in [-0.2, -0.15) is 0 Å². The molecule has 0 saturated carbocycles. The fourth-order valence-electron chi connectivity index (χ4n) is 2.16. The third kappa shape index (κ3) is 2.57. The van der Waals surface area contributed by atoms with Gasteiger partial charge in [0, 0.05) is 20.6 Å². The molecule has 2 aromatic carbocycles. The first kappa shape index (κ1) is 14.2. The molecule has 0 atom stereocenters. The molecule has 21 heavy (non-hydrogen) atoms. The zero-order valence-corrected chi connectivity index (χ0v) is 13.6. The number of nitrogen functional groups attached to an aromatic ring is 1. The molecule has 0 fully saturated rings. The third-order valence-corrected chi connectivity index (χ3v) is 4.39. The lowest BCUT2D eigenvalue weighted by atomic mass is 10.0. The summed E-state index contributed by atoms with van der Waals surface area (Å²) >= 11 is 9.73. The summed E-state index contributed by atoms with van der Waals surface area (Å²) in [7, 11) is 0. The first-order chi connectivity index (χ1) is 10.1. The molecule has 0 saturated heterocycles. The molecule has 3 nitrogen and oxygen atoms in total. The van der Waals surface area contributed by atoms with Gasteiger partial charge in [0.2, 0.25) is 0 Å². The summed E-state index contributed by atoms with van der Waals surface area (Å²) in [4.78, 5) is 0. The normalized spacial score (nSPS) is 10.8. The van der Waals surface area contributed by atoms with Crippen molar-refractivity contribution in [2.24, 2.45) is 0 Å². The van der Waals surface area contributed by atoms with Gasteiger partial charge in [-0.1, -0.05) is 63.0 Å². The van der Waals surface area contributed by atoms with E-state index in [0.29, 0.717) is 16.6 Å². The van der Waals surface area contributed by atoms with Crippen molar-refractivity contribution < 1.29 is 4.52 Å². The molecule has 0 aliphatic heterocycles. The Balaban J connectivity index is 2.22. The molecule has 0 bridgehead atoms. The van der Waals surface area contributed by atoms with Crippen LogP contribution in [0.1, 0.15) is 5.56 Å². The number of nitrogens with zero attached hydrogens (tertiary/aromatic N) is 1. The minimum atomic E-state index is 0.355. The Labute approximate surface area is 135 Å². The number of aryl methyl sites for hydroxylation is 1. The Bertz CT molecular complexity index is 814. The van der Waals surface area contributed by atoms with Crippen LogP contribution in [0.2, 0.25) is 5.02 Å². The summed E-state index contributed by atoms with van der Waals surface area (Å²) in [6.07, 6.45) is 0. The largest absolute Gasteiger partial charge is 0.380 e. The van der Waals surface area contributed by atoms with E-state index in [4.69, 9.17) is 21.9 Å².